The second-order valence-corrected chi connectivity index (χ2v) is 7.76. The lowest BCUT2D eigenvalue weighted by atomic mass is 10.2. The molecule has 0 radical (unpaired) electrons. The van der Waals surface area contributed by atoms with Crippen LogP contribution in [0, 0.1) is 31.0 Å². The summed E-state index contributed by atoms with van der Waals surface area (Å²) in [5, 5.41) is 12.6. The standard InChI is InChI=1S/C22H27FN4O2/c1-14-10-26(11-15(2)29-14)13-21(28)25-22-20(9-24)16(3)17(4)27(22)12-18-5-7-19(23)8-6-18/h5-8,14-15H,10-13H2,1-4H3,(H,25,28). The molecular formula is C22H27FN4O2. The molecule has 1 N–H and O–H groups in total. The lowest BCUT2D eigenvalue weighted by molar-refractivity contribution is -0.121. The van der Waals surface area contributed by atoms with Gasteiger partial charge < -0.3 is 14.6 Å². The number of carbonyl (C=O) groups is 1. The van der Waals surface area contributed by atoms with Crippen molar-refractivity contribution in [1.82, 2.24) is 9.47 Å². The van der Waals surface area contributed by atoms with Crippen molar-refractivity contribution < 1.29 is 13.9 Å². The topological polar surface area (TPSA) is 70.3 Å². The van der Waals surface area contributed by atoms with Gasteiger partial charge in [-0.15, -0.1) is 0 Å². The van der Waals surface area contributed by atoms with Crippen LogP contribution in [0.3, 0.4) is 0 Å². The first-order valence-corrected chi connectivity index (χ1v) is 9.80. The molecule has 1 aliphatic heterocycles. The summed E-state index contributed by atoms with van der Waals surface area (Å²) in [7, 11) is 0. The third kappa shape index (κ3) is 4.84. The van der Waals surface area contributed by atoms with Crippen molar-refractivity contribution in [2.45, 2.75) is 46.4 Å². The van der Waals surface area contributed by atoms with Crippen LogP contribution in [0.5, 0.6) is 0 Å². The number of benzene rings is 1. The minimum Gasteiger partial charge on any atom is -0.373 e. The van der Waals surface area contributed by atoms with Gasteiger partial charge in [0, 0.05) is 25.3 Å². The van der Waals surface area contributed by atoms with Crippen molar-refractivity contribution in [3.8, 4) is 6.07 Å². The van der Waals surface area contributed by atoms with Gasteiger partial charge in [-0.1, -0.05) is 12.1 Å². The van der Waals surface area contributed by atoms with Gasteiger partial charge in [-0.25, -0.2) is 4.39 Å². The van der Waals surface area contributed by atoms with E-state index in [9.17, 15) is 14.4 Å². The average molecular weight is 398 g/mol. The Morgan fingerprint density at radius 2 is 1.86 bits per heavy atom. The van der Waals surface area contributed by atoms with Crippen LogP contribution in [0.2, 0.25) is 0 Å². The van der Waals surface area contributed by atoms with E-state index in [1.54, 1.807) is 12.1 Å². The molecule has 1 aliphatic rings. The molecule has 1 aromatic heterocycles. The molecule has 2 atom stereocenters. The third-order valence-corrected chi connectivity index (χ3v) is 5.32. The minimum atomic E-state index is -0.297. The van der Waals surface area contributed by atoms with Crippen molar-refractivity contribution in [2.75, 3.05) is 25.0 Å². The van der Waals surface area contributed by atoms with Gasteiger partial charge in [0.15, 0.2) is 0 Å². The van der Waals surface area contributed by atoms with Crippen LogP contribution < -0.4 is 5.32 Å². The highest BCUT2D eigenvalue weighted by atomic mass is 19.1. The normalized spacial score (nSPS) is 19.7. The smallest absolute Gasteiger partial charge is 0.239 e. The lowest BCUT2D eigenvalue weighted by Gasteiger charge is -2.34. The van der Waals surface area contributed by atoms with Crippen LogP contribution in [0.25, 0.3) is 0 Å². The highest BCUT2D eigenvalue weighted by Gasteiger charge is 2.25. The van der Waals surface area contributed by atoms with Crippen molar-refractivity contribution in [3.63, 3.8) is 0 Å². The van der Waals surface area contributed by atoms with Crippen LogP contribution in [0.4, 0.5) is 10.2 Å². The molecule has 1 amide bonds. The number of anilines is 1. The fraction of sp³-hybridized carbons (Fsp3) is 0.455. The first kappa shape index (κ1) is 21.0. The van der Waals surface area contributed by atoms with Gasteiger partial charge in [-0.05, 0) is 51.0 Å². The number of morpholine rings is 1. The first-order valence-electron chi connectivity index (χ1n) is 9.80. The number of nitrogens with one attached hydrogen (secondary N) is 1. The monoisotopic (exact) mass is 398 g/mol. The maximum absolute atomic E-state index is 13.2. The van der Waals surface area contributed by atoms with E-state index in [4.69, 9.17) is 4.74 Å². The zero-order valence-corrected chi connectivity index (χ0v) is 17.3. The molecule has 0 spiro atoms. The highest BCUT2D eigenvalue weighted by Crippen LogP contribution is 2.27. The van der Waals surface area contributed by atoms with Crippen molar-refractivity contribution >= 4 is 11.7 Å². The number of aromatic nitrogens is 1. The van der Waals surface area contributed by atoms with Crippen molar-refractivity contribution in [3.05, 3.63) is 52.5 Å². The summed E-state index contributed by atoms with van der Waals surface area (Å²) >= 11 is 0. The number of carbonyl (C=O) groups excluding carboxylic acids is 1. The summed E-state index contributed by atoms with van der Waals surface area (Å²) in [6.07, 6.45) is 0.154. The molecule has 1 fully saturated rings. The number of halogens is 1. The predicted molar refractivity (Wildman–Crippen MR) is 109 cm³/mol. The molecule has 29 heavy (non-hydrogen) atoms. The molecule has 2 aromatic rings. The zero-order valence-electron chi connectivity index (χ0n) is 17.3. The Labute approximate surface area is 170 Å². The minimum absolute atomic E-state index is 0.0769. The number of ether oxygens (including phenoxy) is 1. The van der Waals surface area contributed by atoms with Crippen LogP contribution in [0.15, 0.2) is 24.3 Å². The van der Waals surface area contributed by atoms with E-state index < -0.39 is 0 Å². The lowest BCUT2D eigenvalue weighted by Crippen LogP contribution is -2.48. The highest BCUT2D eigenvalue weighted by molar-refractivity contribution is 5.93. The van der Waals surface area contributed by atoms with Gasteiger partial charge >= 0.3 is 0 Å². The number of hydrogen-bond donors (Lipinski definition) is 1. The molecule has 0 bridgehead atoms. The second kappa shape index (κ2) is 8.76. The summed E-state index contributed by atoms with van der Waals surface area (Å²) in [6.45, 7) is 9.84. The molecule has 0 saturated carbocycles. The fourth-order valence-corrected chi connectivity index (χ4v) is 3.89. The van der Waals surface area contributed by atoms with E-state index in [1.807, 2.05) is 32.3 Å². The van der Waals surface area contributed by atoms with E-state index in [-0.39, 0.29) is 30.5 Å². The molecule has 2 heterocycles. The van der Waals surface area contributed by atoms with Crippen LogP contribution in [-0.2, 0) is 16.1 Å². The predicted octanol–water partition coefficient (Wildman–Crippen LogP) is 3.21. The van der Waals surface area contributed by atoms with Crippen molar-refractivity contribution in [1.29, 1.82) is 5.26 Å². The van der Waals surface area contributed by atoms with Crippen molar-refractivity contribution in [2.24, 2.45) is 0 Å². The maximum atomic E-state index is 13.2. The van der Waals surface area contributed by atoms with Gasteiger partial charge in [0.25, 0.3) is 0 Å². The SMILES string of the molecule is Cc1c(C#N)c(NC(=O)CN2CC(C)OC(C)C2)n(Cc2ccc(F)cc2)c1C. The Morgan fingerprint density at radius 3 is 2.45 bits per heavy atom. The molecule has 6 nitrogen and oxygen atoms in total. The van der Waals surface area contributed by atoms with Gasteiger partial charge in [0.05, 0.1) is 24.3 Å². The van der Waals surface area contributed by atoms with Crippen LogP contribution in [0.1, 0.15) is 36.2 Å². The largest absolute Gasteiger partial charge is 0.373 e. The second-order valence-electron chi connectivity index (χ2n) is 7.76. The molecule has 7 heteroatoms. The molecule has 0 aliphatic carbocycles. The van der Waals surface area contributed by atoms with E-state index in [0.29, 0.717) is 31.0 Å². The third-order valence-electron chi connectivity index (χ3n) is 5.32. The zero-order chi connectivity index (χ0) is 21.1. The number of nitriles is 1. The summed E-state index contributed by atoms with van der Waals surface area (Å²) in [4.78, 5) is 14.8. The maximum Gasteiger partial charge on any atom is 0.239 e. The van der Waals surface area contributed by atoms with E-state index in [2.05, 4.69) is 16.3 Å². The van der Waals surface area contributed by atoms with Gasteiger partial charge in [-0.2, -0.15) is 5.26 Å². The Hall–Kier alpha value is -2.69. The van der Waals surface area contributed by atoms with Crippen LogP contribution in [-0.4, -0.2) is 47.2 Å². The Balaban J connectivity index is 1.82. The Bertz CT molecular complexity index is 920. The number of hydrogen-bond acceptors (Lipinski definition) is 4. The molecule has 154 valence electrons. The summed E-state index contributed by atoms with van der Waals surface area (Å²) in [5.41, 5.74) is 3.08. The number of amides is 1. The summed E-state index contributed by atoms with van der Waals surface area (Å²) in [5.74, 6) is 0.0289. The Morgan fingerprint density at radius 1 is 1.24 bits per heavy atom. The molecule has 1 aromatic carbocycles. The van der Waals surface area contributed by atoms with Gasteiger partial charge in [-0.3, -0.25) is 9.69 Å². The molecular weight excluding hydrogens is 371 g/mol. The summed E-state index contributed by atoms with van der Waals surface area (Å²) < 4.78 is 20.9. The van der Waals surface area contributed by atoms with E-state index in [1.165, 1.54) is 12.1 Å². The molecule has 2 unspecified atom stereocenters. The molecule has 3 rings (SSSR count). The quantitative estimate of drug-likeness (QED) is 0.840. The number of rotatable bonds is 5. The van der Waals surface area contributed by atoms with Crippen LogP contribution >= 0.6 is 0 Å². The molecule has 1 saturated heterocycles. The average Bonchev–Trinajstić information content (AvgIpc) is 2.86. The van der Waals surface area contributed by atoms with Gasteiger partial charge in [0.1, 0.15) is 17.7 Å². The van der Waals surface area contributed by atoms with E-state index >= 15 is 0 Å². The Kier molecular flexibility index (Phi) is 6.36. The fourth-order valence-electron chi connectivity index (χ4n) is 3.89. The first-order chi connectivity index (χ1) is 13.8. The summed E-state index contributed by atoms with van der Waals surface area (Å²) in [6, 6.07) is 8.44. The van der Waals surface area contributed by atoms with E-state index in [0.717, 1.165) is 16.8 Å². The number of nitrogens with zero attached hydrogens (tertiary/aromatic N) is 3. The van der Waals surface area contributed by atoms with Gasteiger partial charge in [0.2, 0.25) is 5.91 Å².